The van der Waals surface area contributed by atoms with Crippen molar-refractivity contribution >= 4 is 17.2 Å². The van der Waals surface area contributed by atoms with Gasteiger partial charge in [-0.25, -0.2) is 4.98 Å². The molecule has 0 aromatic carbocycles. The lowest BCUT2D eigenvalue weighted by Crippen LogP contribution is -2.36. The molecule has 0 saturated carbocycles. The molecular formula is C15H19N5O. The van der Waals surface area contributed by atoms with Gasteiger partial charge in [0, 0.05) is 25.4 Å². The fourth-order valence-electron chi connectivity index (χ4n) is 2.26. The average molecular weight is 285 g/mol. The first kappa shape index (κ1) is 13.6. The summed E-state index contributed by atoms with van der Waals surface area (Å²) in [5.74, 6) is 0.927. The lowest BCUT2D eigenvalue weighted by molar-refractivity contribution is 0.122. The number of hydrogen-bond donors (Lipinski definition) is 2. The maximum Gasteiger partial charge on any atom is 0.130 e. The third-order valence-corrected chi connectivity index (χ3v) is 3.44. The van der Waals surface area contributed by atoms with Gasteiger partial charge in [0.05, 0.1) is 43.0 Å². The summed E-state index contributed by atoms with van der Waals surface area (Å²) in [7, 11) is 0. The van der Waals surface area contributed by atoms with Crippen molar-refractivity contribution in [3.8, 4) is 0 Å². The van der Waals surface area contributed by atoms with E-state index in [1.54, 1.807) is 12.4 Å². The molecule has 0 aliphatic carbocycles. The van der Waals surface area contributed by atoms with Crippen LogP contribution in [0, 0.1) is 0 Å². The first-order valence-corrected chi connectivity index (χ1v) is 7.05. The van der Waals surface area contributed by atoms with Crippen LogP contribution < -0.4 is 16.0 Å². The molecule has 2 aromatic rings. The highest BCUT2D eigenvalue weighted by Gasteiger charge is 2.13. The standard InChI is InChI=1S/C15H19N5O/c16-13-11-19-15(20-5-7-21-8-6-20)9-14(13)18-10-12-3-1-2-4-17-12/h1-4,9,11H,5-8,10,16H2,(H,18,19). The van der Waals surface area contributed by atoms with Crippen LogP contribution in [0.3, 0.4) is 0 Å². The second-order valence-corrected chi connectivity index (χ2v) is 4.90. The fourth-order valence-corrected chi connectivity index (χ4v) is 2.26. The third-order valence-electron chi connectivity index (χ3n) is 3.44. The minimum absolute atomic E-state index is 0.637. The predicted octanol–water partition coefficient (Wildman–Crippen LogP) is 1.51. The van der Waals surface area contributed by atoms with E-state index in [2.05, 4.69) is 20.2 Å². The van der Waals surface area contributed by atoms with Gasteiger partial charge >= 0.3 is 0 Å². The summed E-state index contributed by atoms with van der Waals surface area (Å²) in [6, 6.07) is 7.84. The molecule has 2 aromatic heterocycles. The molecule has 1 fully saturated rings. The van der Waals surface area contributed by atoms with Crippen molar-refractivity contribution in [3.05, 3.63) is 42.4 Å². The Balaban J connectivity index is 1.72. The summed E-state index contributed by atoms with van der Waals surface area (Å²) < 4.78 is 5.36. The summed E-state index contributed by atoms with van der Waals surface area (Å²) in [5, 5.41) is 3.32. The number of pyridine rings is 2. The van der Waals surface area contributed by atoms with Gasteiger partial charge in [0.25, 0.3) is 0 Å². The number of anilines is 3. The highest BCUT2D eigenvalue weighted by molar-refractivity contribution is 5.69. The second-order valence-electron chi connectivity index (χ2n) is 4.90. The molecule has 3 heterocycles. The molecule has 0 radical (unpaired) electrons. The molecular weight excluding hydrogens is 266 g/mol. The van der Waals surface area contributed by atoms with Gasteiger partial charge < -0.3 is 20.7 Å². The van der Waals surface area contributed by atoms with Crippen LogP contribution in [0.5, 0.6) is 0 Å². The molecule has 3 N–H and O–H groups in total. The van der Waals surface area contributed by atoms with Gasteiger partial charge in [-0.3, -0.25) is 4.98 Å². The van der Waals surface area contributed by atoms with E-state index < -0.39 is 0 Å². The number of ether oxygens (including phenoxy) is 1. The molecule has 3 rings (SSSR count). The van der Waals surface area contributed by atoms with Crippen molar-refractivity contribution in [3.63, 3.8) is 0 Å². The second kappa shape index (κ2) is 6.41. The Kier molecular flexibility index (Phi) is 4.16. The van der Waals surface area contributed by atoms with Crippen LogP contribution in [0.1, 0.15) is 5.69 Å². The number of nitrogens with zero attached hydrogens (tertiary/aromatic N) is 3. The van der Waals surface area contributed by atoms with Crippen molar-refractivity contribution in [1.29, 1.82) is 0 Å². The van der Waals surface area contributed by atoms with Crippen LogP contribution in [0.15, 0.2) is 36.7 Å². The monoisotopic (exact) mass is 285 g/mol. The van der Waals surface area contributed by atoms with E-state index >= 15 is 0 Å². The summed E-state index contributed by atoms with van der Waals surface area (Å²) in [4.78, 5) is 10.9. The Morgan fingerprint density at radius 2 is 2.10 bits per heavy atom. The summed E-state index contributed by atoms with van der Waals surface area (Å²) in [5.41, 5.74) is 8.50. The zero-order chi connectivity index (χ0) is 14.5. The molecule has 110 valence electrons. The van der Waals surface area contributed by atoms with Crippen LogP contribution in [-0.2, 0) is 11.3 Å². The highest BCUT2D eigenvalue weighted by atomic mass is 16.5. The molecule has 6 heteroatoms. The normalized spacial score (nSPS) is 15.0. The Labute approximate surface area is 124 Å². The summed E-state index contributed by atoms with van der Waals surface area (Å²) in [6.07, 6.45) is 3.48. The van der Waals surface area contributed by atoms with Crippen molar-refractivity contribution in [2.24, 2.45) is 0 Å². The molecule has 1 saturated heterocycles. The van der Waals surface area contributed by atoms with Crippen LogP contribution in [0.2, 0.25) is 0 Å². The van der Waals surface area contributed by atoms with Crippen LogP contribution in [0.4, 0.5) is 17.2 Å². The number of rotatable bonds is 4. The fraction of sp³-hybridized carbons (Fsp3) is 0.333. The maximum absolute atomic E-state index is 5.99. The molecule has 0 unspecified atom stereocenters. The molecule has 1 aliphatic rings. The van der Waals surface area contributed by atoms with Crippen molar-refractivity contribution in [1.82, 2.24) is 9.97 Å². The van der Waals surface area contributed by atoms with E-state index in [1.165, 1.54) is 0 Å². The molecule has 1 aliphatic heterocycles. The van der Waals surface area contributed by atoms with E-state index in [-0.39, 0.29) is 0 Å². The third kappa shape index (κ3) is 3.41. The quantitative estimate of drug-likeness (QED) is 0.886. The van der Waals surface area contributed by atoms with Gasteiger partial charge in [0.15, 0.2) is 0 Å². The van der Waals surface area contributed by atoms with Gasteiger partial charge in [0.2, 0.25) is 0 Å². The van der Waals surface area contributed by atoms with E-state index in [1.807, 2.05) is 24.3 Å². The topological polar surface area (TPSA) is 76.3 Å². The zero-order valence-corrected chi connectivity index (χ0v) is 11.8. The van der Waals surface area contributed by atoms with Crippen LogP contribution in [-0.4, -0.2) is 36.3 Å². The molecule has 6 nitrogen and oxygen atoms in total. The predicted molar refractivity (Wildman–Crippen MR) is 83.2 cm³/mol. The van der Waals surface area contributed by atoms with Crippen molar-refractivity contribution in [2.45, 2.75) is 6.54 Å². The number of nitrogens with two attached hydrogens (primary N) is 1. The minimum atomic E-state index is 0.637. The molecule has 0 bridgehead atoms. The van der Waals surface area contributed by atoms with Crippen molar-refractivity contribution in [2.75, 3.05) is 42.3 Å². The van der Waals surface area contributed by atoms with E-state index in [0.717, 1.165) is 43.5 Å². The smallest absolute Gasteiger partial charge is 0.130 e. The van der Waals surface area contributed by atoms with Gasteiger partial charge in [-0.1, -0.05) is 6.07 Å². The summed E-state index contributed by atoms with van der Waals surface area (Å²) >= 11 is 0. The molecule has 0 spiro atoms. The van der Waals surface area contributed by atoms with Crippen LogP contribution >= 0.6 is 0 Å². The average Bonchev–Trinajstić information content (AvgIpc) is 2.56. The first-order valence-electron chi connectivity index (χ1n) is 7.05. The van der Waals surface area contributed by atoms with E-state index in [9.17, 15) is 0 Å². The number of hydrogen-bond acceptors (Lipinski definition) is 6. The van der Waals surface area contributed by atoms with Gasteiger partial charge in [-0.2, -0.15) is 0 Å². The number of nitrogen functional groups attached to an aromatic ring is 1. The van der Waals surface area contributed by atoms with Crippen molar-refractivity contribution < 1.29 is 4.74 Å². The van der Waals surface area contributed by atoms with Gasteiger partial charge in [-0.15, -0.1) is 0 Å². The lowest BCUT2D eigenvalue weighted by atomic mass is 10.3. The molecule has 0 atom stereocenters. The Morgan fingerprint density at radius 1 is 1.24 bits per heavy atom. The Bertz CT molecular complexity index is 584. The molecule has 21 heavy (non-hydrogen) atoms. The Hall–Kier alpha value is -2.34. The zero-order valence-electron chi connectivity index (χ0n) is 11.8. The maximum atomic E-state index is 5.99. The minimum Gasteiger partial charge on any atom is -0.396 e. The van der Waals surface area contributed by atoms with Gasteiger partial charge in [0.1, 0.15) is 5.82 Å². The highest BCUT2D eigenvalue weighted by Crippen LogP contribution is 2.24. The number of morpholine rings is 1. The van der Waals surface area contributed by atoms with Crippen LogP contribution in [0.25, 0.3) is 0 Å². The first-order chi connectivity index (χ1) is 10.3. The SMILES string of the molecule is Nc1cnc(N2CCOCC2)cc1NCc1ccccn1. The number of nitrogens with one attached hydrogen (secondary N) is 1. The van der Waals surface area contributed by atoms with Gasteiger partial charge in [-0.05, 0) is 12.1 Å². The summed E-state index contributed by atoms with van der Waals surface area (Å²) in [6.45, 7) is 3.83. The largest absolute Gasteiger partial charge is 0.396 e. The number of aromatic nitrogens is 2. The molecule has 0 amide bonds. The lowest BCUT2D eigenvalue weighted by Gasteiger charge is -2.28. The Morgan fingerprint density at radius 3 is 2.86 bits per heavy atom. The van der Waals surface area contributed by atoms with E-state index in [4.69, 9.17) is 10.5 Å². The van der Waals surface area contributed by atoms with E-state index in [0.29, 0.717) is 12.2 Å².